The molecule has 4 rings (SSSR count). The van der Waals surface area contributed by atoms with Crippen molar-refractivity contribution in [3.8, 4) is 17.2 Å². The fourth-order valence-corrected chi connectivity index (χ4v) is 3.58. The van der Waals surface area contributed by atoms with E-state index in [1.165, 1.54) is 29.1 Å². The Balaban J connectivity index is 1.48. The number of aryl methyl sites for hydroxylation is 1. The lowest BCUT2D eigenvalue weighted by atomic mass is 10.2. The standard InChI is InChI=1S/C25H18ClF3N4O5/c1-15-9-17(26)5-6-23(15)37-14-32-8-7-22(31-32)24(34)30-18-11-19(33(35)36)13-21(12-18)38-20-4-2-3-16(10-20)25(27,28)29/h2-13H,14H2,1H3,(H,30,34). The molecule has 13 heteroatoms. The van der Waals surface area contributed by atoms with Gasteiger partial charge in [0.05, 0.1) is 22.2 Å². The van der Waals surface area contributed by atoms with Gasteiger partial charge in [0.2, 0.25) is 0 Å². The zero-order valence-corrected chi connectivity index (χ0v) is 20.3. The van der Waals surface area contributed by atoms with Crippen LogP contribution < -0.4 is 14.8 Å². The number of amides is 1. The normalized spacial score (nSPS) is 11.2. The first-order valence-electron chi connectivity index (χ1n) is 10.9. The number of benzene rings is 3. The summed E-state index contributed by atoms with van der Waals surface area (Å²) in [7, 11) is 0. The second kappa shape index (κ2) is 10.8. The van der Waals surface area contributed by atoms with Crippen molar-refractivity contribution in [3.63, 3.8) is 0 Å². The van der Waals surface area contributed by atoms with Crippen LogP contribution in [0.1, 0.15) is 21.6 Å². The first-order chi connectivity index (χ1) is 18.0. The highest BCUT2D eigenvalue weighted by Gasteiger charge is 2.30. The Hall–Kier alpha value is -4.58. The molecule has 0 aliphatic carbocycles. The highest BCUT2D eigenvalue weighted by Crippen LogP contribution is 2.34. The van der Waals surface area contributed by atoms with Crippen LogP contribution >= 0.6 is 11.6 Å². The summed E-state index contributed by atoms with van der Waals surface area (Å²) in [6.45, 7) is 1.83. The van der Waals surface area contributed by atoms with Crippen molar-refractivity contribution in [1.29, 1.82) is 0 Å². The fourth-order valence-electron chi connectivity index (χ4n) is 3.35. The molecule has 4 aromatic rings. The third-order valence-corrected chi connectivity index (χ3v) is 5.35. The number of nitro benzene ring substituents is 1. The van der Waals surface area contributed by atoms with E-state index in [4.69, 9.17) is 21.1 Å². The van der Waals surface area contributed by atoms with Gasteiger partial charge in [-0.05, 0) is 55.0 Å². The van der Waals surface area contributed by atoms with Crippen LogP contribution in [0.3, 0.4) is 0 Å². The van der Waals surface area contributed by atoms with Crippen molar-refractivity contribution >= 4 is 28.9 Å². The monoisotopic (exact) mass is 546 g/mol. The zero-order chi connectivity index (χ0) is 27.4. The van der Waals surface area contributed by atoms with Crippen LogP contribution in [0, 0.1) is 17.0 Å². The number of rotatable bonds is 8. The quantitative estimate of drug-likeness (QED) is 0.191. The summed E-state index contributed by atoms with van der Waals surface area (Å²) in [5.41, 5.74) is -0.597. The molecule has 196 valence electrons. The molecule has 0 bridgehead atoms. The number of aromatic nitrogens is 2. The molecule has 0 saturated carbocycles. The molecule has 0 aliphatic rings. The molecular formula is C25H18ClF3N4O5. The molecule has 9 nitrogen and oxygen atoms in total. The maximum atomic E-state index is 13.0. The second-order valence-corrected chi connectivity index (χ2v) is 8.41. The van der Waals surface area contributed by atoms with Crippen LogP contribution in [0.4, 0.5) is 24.5 Å². The number of non-ortho nitro benzene ring substituents is 1. The van der Waals surface area contributed by atoms with Crippen LogP contribution in [0.5, 0.6) is 17.2 Å². The van der Waals surface area contributed by atoms with Gasteiger partial charge in [0, 0.05) is 23.4 Å². The highest BCUT2D eigenvalue weighted by atomic mass is 35.5. The Labute approximate surface area is 218 Å². The lowest BCUT2D eigenvalue weighted by molar-refractivity contribution is -0.384. The van der Waals surface area contributed by atoms with Crippen molar-refractivity contribution < 1.29 is 32.4 Å². The van der Waals surface area contributed by atoms with Gasteiger partial charge >= 0.3 is 6.18 Å². The molecule has 38 heavy (non-hydrogen) atoms. The Bertz CT molecular complexity index is 1510. The lowest BCUT2D eigenvalue weighted by Crippen LogP contribution is -2.14. The van der Waals surface area contributed by atoms with Gasteiger partial charge < -0.3 is 14.8 Å². The number of hydrogen-bond donors (Lipinski definition) is 1. The molecule has 0 fully saturated rings. The number of hydrogen-bond acceptors (Lipinski definition) is 6. The molecule has 3 aromatic carbocycles. The Kier molecular flexibility index (Phi) is 7.53. The van der Waals surface area contributed by atoms with Gasteiger partial charge in [-0.25, -0.2) is 4.68 Å². The SMILES string of the molecule is Cc1cc(Cl)ccc1OCn1ccc(C(=O)Nc2cc(Oc3cccc(C(F)(F)F)c3)cc([N+](=O)[O-])c2)n1. The van der Waals surface area contributed by atoms with Crippen molar-refractivity contribution in [2.75, 3.05) is 5.32 Å². The summed E-state index contributed by atoms with van der Waals surface area (Å²) < 4.78 is 51.5. The first-order valence-corrected chi connectivity index (χ1v) is 11.2. The van der Waals surface area contributed by atoms with Gasteiger partial charge in [-0.2, -0.15) is 18.3 Å². The summed E-state index contributed by atoms with van der Waals surface area (Å²) in [6.07, 6.45) is -3.08. The number of anilines is 1. The first kappa shape index (κ1) is 26.5. The van der Waals surface area contributed by atoms with Crippen LogP contribution in [-0.4, -0.2) is 20.6 Å². The average molecular weight is 547 g/mol. The minimum Gasteiger partial charge on any atom is -0.471 e. The number of nitrogens with one attached hydrogen (secondary N) is 1. The largest absolute Gasteiger partial charge is 0.471 e. The smallest absolute Gasteiger partial charge is 0.416 e. The van der Waals surface area contributed by atoms with Crippen LogP contribution in [0.25, 0.3) is 0 Å². The van der Waals surface area contributed by atoms with Gasteiger partial charge in [0.1, 0.15) is 17.2 Å². The van der Waals surface area contributed by atoms with Crippen LogP contribution in [0.2, 0.25) is 5.02 Å². The summed E-state index contributed by atoms with van der Waals surface area (Å²) in [5, 5.41) is 18.6. The van der Waals surface area contributed by atoms with Gasteiger partial charge in [0.25, 0.3) is 11.6 Å². The molecule has 0 unspecified atom stereocenters. The lowest BCUT2D eigenvalue weighted by Gasteiger charge is -2.11. The summed E-state index contributed by atoms with van der Waals surface area (Å²) in [6, 6.07) is 13.9. The molecule has 0 spiro atoms. The Morgan fingerprint density at radius 2 is 1.89 bits per heavy atom. The number of carbonyl (C=O) groups is 1. The molecule has 0 aliphatic heterocycles. The molecule has 1 N–H and O–H groups in total. The van der Waals surface area contributed by atoms with Crippen molar-refractivity contribution in [2.45, 2.75) is 19.8 Å². The average Bonchev–Trinajstić information content (AvgIpc) is 3.32. The number of nitro groups is 1. The predicted octanol–water partition coefficient (Wildman–Crippen LogP) is 6.85. The van der Waals surface area contributed by atoms with Crippen LogP contribution in [-0.2, 0) is 12.9 Å². The van der Waals surface area contributed by atoms with E-state index < -0.39 is 28.3 Å². The van der Waals surface area contributed by atoms with Gasteiger partial charge in [-0.15, -0.1) is 0 Å². The minimum absolute atomic E-state index is 0.00153. The number of halogens is 4. The highest BCUT2D eigenvalue weighted by molar-refractivity contribution is 6.30. The van der Waals surface area contributed by atoms with E-state index in [1.54, 1.807) is 18.2 Å². The van der Waals surface area contributed by atoms with Gasteiger partial charge in [-0.3, -0.25) is 14.9 Å². The van der Waals surface area contributed by atoms with E-state index in [0.717, 1.165) is 35.9 Å². The number of ether oxygens (including phenoxy) is 2. The second-order valence-electron chi connectivity index (χ2n) is 7.98. The van der Waals surface area contributed by atoms with Gasteiger partial charge in [-0.1, -0.05) is 17.7 Å². The minimum atomic E-state index is -4.59. The zero-order valence-electron chi connectivity index (χ0n) is 19.5. The van der Waals surface area contributed by atoms with Crippen molar-refractivity contribution in [1.82, 2.24) is 9.78 Å². The molecule has 1 amide bonds. The van der Waals surface area contributed by atoms with E-state index in [9.17, 15) is 28.1 Å². The van der Waals surface area contributed by atoms with E-state index in [1.807, 2.05) is 6.92 Å². The Morgan fingerprint density at radius 3 is 2.61 bits per heavy atom. The molecular weight excluding hydrogens is 529 g/mol. The number of alkyl halides is 3. The van der Waals surface area contributed by atoms with Gasteiger partial charge in [0.15, 0.2) is 12.4 Å². The van der Waals surface area contributed by atoms with E-state index in [0.29, 0.717) is 10.8 Å². The van der Waals surface area contributed by atoms with E-state index in [-0.39, 0.29) is 29.6 Å². The fraction of sp³-hybridized carbons (Fsp3) is 0.120. The van der Waals surface area contributed by atoms with E-state index in [2.05, 4.69) is 10.4 Å². The third-order valence-electron chi connectivity index (χ3n) is 5.12. The van der Waals surface area contributed by atoms with Crippen molar-refractivity contribution in [2.24, 2.45) is 0 Å². The topological polar surface area (TPSA) is 109 Å². The molecule has 0 saturated heterocycles. The maximum Gasteiger partial charge on any atom is 0.416 e. The summed E-state index contributed by atoms with van der Waals surface area (Å²) in [4.78, 5) is 23.4. The number of nitrogens with zero attached hydrogens (tertiary/aromatic N) is 3. The Morgan fingerprint density at radius 1 is 1.11 bits per heavy atom. The molecule has 1 aromatic heterocycles. The van der Waals surface area contributed by atoms with Crippen molar-refractivity contribution in [3.05, 3.63) is 105 Å². The molecule has 0 atom stereocenters. The molecule has 1 heterocycles. The third kappa shape index (κ3) is 6.59. The summed E-state index contributed by atoms with van der Waals surface area (Å²) >= 11 is 5.93. The van der Waals surface area contributed by atoms with Crippen LogP contribution in [0.15, 0.2) is 72.9 Å². The van der Waals surface area contributed by atoms with E-state index >= 15 is 0 Å². The number of carbonyl (C=O) groups excluding carboxylic acids is 1. The summed E-state index contributed by atoms with van der Waals surface area (Å²) in [5.74, 6) is -0.434. The maximum absolute atomic E-state index is 13.0. The molecule has 0 radical (unpaired) electrons. The predicted molar refractivity (Wildman–Crippen MR) is 132 cm³/mol.